The highest BCUT2D eigenvalue weighted by Crippen LogP contribution is 2.52. The molecule has 4 aromatic rings. The van der Waals surface area contributed by atoms with Crippen LogP contribution in [0.2, 0.25) is 0 Å². The summed E-state index contributed by atoms with van der Waals surface area (Å²) in [5, 5.41) is 0. The Hall–Kier alpha value is -3.78. The third kappa shape index (κ3) is 2.47. The summed E-state index contributed by atoms with van der Waals surface area (Å²) in [7, 11) is 0. The number of carbonyl (C=O) groups is 2. The van der Waals surface area contributed by atoms with Crippen molar-refractivity contribution in [2.24, 2.45) is 0 Å². The first-order valence-electron chi connectivity index (χ1n) is 11.0. The zero-order valence-electron chi connectivity index (χ0n) is 18.1. The SMILES string of the molecule is Cc1cccc2c1C(=O)c1ccccc1C2C1c2ccccc2C(=O)c2c(C)cccc21. The van der Waals surface area contributed by atoms with Crippen LogP contribution in [0.25, 0.3) is 0 Å². The van der Waals surface area contributed by atoms with Gasteiger partial charge in [0.25, 0.3) is 0 Å². The molecule has 2 nitrogen and oxygen atoms in total. The number of carbonyl (C=O) groups excluding carboxylic acids is 2. The minimum absolute atomic E-state index is 0.0476. The van der Waals surface area contributed by atoms with Crippen molar-refractivity contribution in [1.82, 2.24) is 0 Å². The first-order valence-corrected chi connectivity index (χ1v) is 11.0. The van der Waals surface area contributed by atoms with Crippen LogP contribution in [0.15, 0.2) is 84.9 Å². The van der Waals surface area contributed by atoms with Gasteiger partial charge < -0.3 is 0 Å². The third-order valence-corrected chi connectivity index (χ3v) is 7.15. The Labute approximate surface area is 187 Å². The maximum atomic E-state index is 13.5. The Balaban J connectivity index is 1.73. The molecular weight excluding hydrogens is 392 g/mol. The van der Waals surface area contributed by atoms with E-state index in [1.165, 1.54) is 0 Å². The minimum Gasteiger partial charge on any atom is -0.289 e. The summed E-state index contributed by atoms with van der Waals surface area (Å²) < 4.78 is 0. The molecule has 0 saturated heterocycles. The van der Waals surface area contributed by atoms with Crippen LogP contribution >= 0.6 is 0 Å². The lowest BCUT2D eigenvalue weighted by molar-refractivity contribution is 0.102. The summed E-state index contributed by atoms with van der Waals surface area (Å²) in [6.45, 7) is 4.02. The molecule has 0 heterocycles. The van der Waals surface area contributed by atoms with Crippen LogP contribution in [0.5, 0.6) is 0 Å². The lowest BCUT2D eigenvalue weighted by Gasteiger charge is -2.38. The van der Waals surface area contributed by atoms with Crippen molar-refractivity contribution < 1.29 is 9.59 Å². The van der Waals surface area contributed by atoms with E-state index in [1.54, 1.807) is 0 Å². The predicted molar refractivity (Wildman–Crippen MR) is 126 cm³/mol. The zero-order valence-corrected chi connectivity index (χ0v) is 18.1. The molecule has 4 aromatic carbocycles. The largest absolute Gasteiger partial charge is 0.289 e. The zero-order chi connectivity index (χ0) is 22.0. The van der Waals surface area contributed by atoms with Crippen LogP contribution < -0.4 is 0 Å². The summed E-state index contributed by atoms with van der Waals surface area (Å²) in [5.41, 5.74) is 9.32. The van der Waals surface area contributed by atoms with Crippen molar-refractivity contribution >= 4 is 11.6 Å². The van der Waals surface area contributed by atoms with Gasteiger partial charge in [-0.3, -0.25) is 9.59 Å². The van der Waals surface area contributed by atoms with E-state index in [2.05, 4.69) is 24.3 Å². The molecule has 0 aromatic heterocycles. The summed E-state index contributed by atoms with van der Waals surface area (Å²) in [6.07, 6.45) is 0. The predicted octanol–water partition coefficient (Wildman–Crippen LogP) is 6.36. The van der Waals surface area contributed by atoms with E-state index in [1.807, 2.05) is 74.5 Å². The van der Waals surface area contributed by atoms with Crippen LogP contribution in [-0.4, -0.2) is 11.6 Å². The van der Waals surface area contributed by atoms with Crippen LogP contribution in [0.3, 0.4) is 0 Å². The summed E-state index contributed by atoms with van der Waals surface area (Å²) in [6, 6.07) is 28.2. The molecule has 0 radical (unpaired) electrons. The molecule has 0 N–H and O–H groups in total. The second-order valence-electron chi connectivity index (χ2n) is 8.87. The highest BCUT2D eigenvalue weighted by atomic mass is 16.1. The van der Waals surface area contributed by atoms with Crippen molar-refractivity contribution in [3.8, 4) is 0 Å². The molecule has 154 valence electrons. The molecule has 0 amide bonds. The second kappa shape index (κ2) is 6.86. The lowest BCUT2D eigenvalue weighted by atomic mass is 9.63. The Morgan fingerprint density at radius 1 is 0.469 bits per heavy atom. The molecule has 0 saturated carbocycles. The van der Waals surface area contributed by atoms with Crippen molar-refractivity contribution in [3.05, 3.63) is 141 Å². The van der Waals surface area contributed by atoms with Gasteiger partial charge >= 0.3 is 0 Å². The van der Waals surface area contributed by atoms with E-state index in [-0.39, 0.29) is 23.4 Å². The topological polar surface area (TPSA) is 34.1 Å². The monoisotopic (exact) mass is 414 g/mol. The molecule has 0 spiro atoms. The molecule has 6 rings (SSSR count). The van der Waals surface area contributed by atoms with Crippen molar-refractivity contribution in [3.63, 3.8) is 0 Å². The van der Waals surface area contributed by atoms with Gasteiger partial charge in [0.1, 0.15) is 0 Å². The number of benzene rings is 4. The lowest BCUT2D eigenvalue weighted by Crippen LogP contribution is -2.30. The van der Waals surface area contributed by atoms with Gasteiger partial charge in [0, 0.05) is 34.1 Å². The van der Waals surface area contributed by atoms with E-state index in [0.29, 0.717) is 0 Å². The molecule has 0 fully saturated rings. The fourth-order valence-corrected chi connectivity index (χ4v) is 5.79. The normalized spacial score (nSPS) is 18.4. The van der Waals surface area contributed by atoms with E-state index in [9.17, 15) is 9.59 Å². The molecule has 2 atom stereocenters. The highest BCUT2D eigenvalue weighted by Gasteiger charge is 2.42. The number of fused-ring (bicyclic) bond motifs is 4. The highest BCUT2D eigenvalue weighted by molar-refractivity contribution is 6.15. The standard InChI is InChI=1S/C30H22O2/c1-17-9-7-15-23-25(17)29(31)21-13-5-3-11-19(21)27(23)28-20-12-4-6-14-22(20)30(32)26-18(2)10-8-16-24(26)28/h3-16,27-28H,1-2H3. The van der Waals surface area contributed by atoms with Crippen LogP contribution in [-0.2, 0) is 0 Å². The van der Waals surface area contributed by atoms with Crippen LogP contribution in [0.1, 0.15) is 77.1 Å². The van der Waals surface area contributed by atoms with Gasteiger partial charge in [-0.15, -0.1) is 0 Å². The van der Waals surface area contributed by atoms with E-state index >= 15 is 0 Å². The molecule has 2 heteroatoms. The van der Waals surface area contributed by atoms with Crippen molar-refractivity contribution in [1.29, 1.82) is 0 Å². The molecule has 2 unspecified atom stereocenters. The number of rotatable bonds is 1. The van der Waals surface area contributed by atoms with Gasteiger partial charge in [-0.1, -0.05) is 84.9 Å². The minimum atomic E-state index is -0.0476. The fourth-order valence-electron chi connectivity index (χ4n) is 5.79. The average Bonchev–Trinajstić information content (AvgIpc) is 2.81. The Morgan fingerprint density at radius 3 is 1.28 bits per heavy atom. The summed E-state index contributed by atoms with van der Waals surface area (Å²) in [5.74, 6) is 0.0892. The van der Waals surface area contributed by atoms with Crippen LogP contribution in [0, 0.1) is 13.8 Å². The fraction of sp³-hybridized carbons (Fsp3) is 0.133. The van der Waals surface area contributed by atoms with Crippen molar-refractivity contribution in [2.75, 3.05) is 0 Å². The average molecular weight is 415 g/mol. The number of ketones is 2. The summed E-state index contributed by atoms with van der Waals surface area (Å²) in [4.78, 5) is 27.0. The molecule has 32 heavy (non-hydrogen) atoms. The summed E-state index contributed by atoms with van der Waals surface area (Å²) >= 11 is 0. The number of hydrogen-bond acceptors (Lipinski definition) is 2. The maximum Gasteiger partial charge on any atom is 0.193 e. The van der Waals surface area contributed by atoms with Crippen molar-refractivity contribution in [2.45, 2.75) is 25.7 Å². The first kappa shape index (κ1) is 18.9. The number of aryl methyl sites for hydroxylation is 2. The molecule has 2 aliphatic rings. The molecular formula is C30H22O2. The van der Waals surface area contributed by atoms with Gasteiger partial charge in [0.05, 0.1) is 0 Å². The van der Waals surface area contributed by atoms with Gasteiger partial charge in [-0.05, 0) is 47.2 Å². The van der Waals surface area contributed by atoms with Crippen LogP contribution in [0.4, 0.5) is 0 Å². The van der Waals surface area contributed by atoms with Gasteiger partial charge in [-0.25, -0.2) is 0 Å². The quantitative estimate of drug-likeness (QED) is 0.363. The Bertz CT molecular complexity index is 1330. The Morgan fingerprint density at radius 2 is 0.844 bits per heavy atom. The third-order valence-electron chi connectivity index (χ3n) is 7.15. The van der Waals surface area contributed by atoms with Gasteiger partial charge in [0.15, 0.2) is 11.6 Å². The Kier molecular flexibility index (Phi) is 4.06. The van der Waals surface area contributed by atoms with E-state index < -0.39 is 0 Å². The molecule has 0 aliphatic heterocycles. The number of hydrogen-bond donors (Lipinski definition) is 0. The smallest absolute Gasteiger partial charge is 0.193 e. The first-order chi connectivity index (χ1) is 15.6. The van der Waals surface area contributed by atoms with Gasteiger partial charge in [-0.2, -0.15) is 0 Å². The maximum absolute atomic E-state index is 13.5. The van der Waals surface area contributed by atoms with E-state index in [4.69, 9.17) is 0 Å². The molecule has 2 aliphatic carbocycles. The van der Waals surface area contributed by atoms with E-state index in [0.717, 1.165) is 55.6 Å². The molecule has 0 bridgehead atoms. The van der Waals surface area contributed by atoms with Gasteiger partial charge in [0.2, 0.25) is 0 Å². The second-order valence-corrected chi connectivity index (χ2v) is 8.87.